The number of esters is 1. The molecule has 36 heavy (non-hydrogen) atoms. The number of unbranched alkanes of at least 4 members (excludes halogenated alkanes) is 2. The number of nitrogens with two attached hydrogens (primary N) is 1. The number of nitrogens with zero attached hydrogens (tertiary/aromatic N) is 2. The number of rotatable bonds is 10. The van der Waals surface area contributed by atoms with E-state index in [2.05, 4.69) is 20.1 Å². The summed E-state index contributed by atoms with van der Waals surface area (Å²) in [6, 6.07) is 1.07. The van der Waals surface area contributed by atoms with Crippen molar-refractivity contribution in [3.8, 4) is 0 Å². The van der Waals surface area contributed by atoms with E-state index < -0.39 is 11.5 Å². The van der Waals surface area contributed by atoms with Crippen LogP contribution in [0.1, 0.15) is 55.3 Å². The molecule has 11 heteroatoms. The Morgan fingerprint density at radius 1 is 1.14 bits per heavy atom. The number of piperidine rings is 4. The maximum absolute atomic E-state index is 12.7. The number of likely N-dealkylation sites (tertiary alicyclic amines) is 1. The maximum Gasteiger partial charge on any atom is 0.306 e. The van der Waals surface area contributed by atoms with Gasteiger partial charge in [0.1, 0.15) is 17.5 Å². The Balaban J connectivity index is 1.14. The van der Waals surface area contributed by atoms with E-state index in [9.17, 15) is 14.4 Å². The highest BCUT2D eigenvalue weighted by molar-refractivity contribution is 6.33. The number of hydrogen-bond acceptors (Lipinski definition) is 8. The number of carbonyl (C=O) groups excluding carboxylic acids is 2. The molecule has 3 atom stereocenters. The minimum absolute atomic E-state index is 0.0346. The van der Waals surface area contributed by atoms with Gasteiger partial charge in [-0.05, 0) is 63.7 Å². The van der Waals surface area contributed by atoms with Crippen LogP contribution in [-0.2, 0) is 14.3 Å². The largest absolute Gasteiger partial charge is 0.461 e. The molecule has 1 aromatic heterocycles. The van der Waals surface area contributed by atoms with Crippen LogP contribution in [0.15, 0.2) is 10.9 Å². The zero-order valence-electron chi connectivity index (χ0n) is 21.0. The highest BCUT2D eigenvalue weighted by atomic mass is 35.5. The Kier molecular flexibility index (Phi) is 9.27. The number of halogens is 1. The Bertz CT molecular complexity index is 980. The van der Waals surface area contributed by atoms with Gasteiger partial charge in [0.05, 0.1) is 17.2 Å². The third kappa shape index (κ3) is 6.79. The molecule has 5 heterocycles. The molecular weight excluding hydrogens is 486 g/mol. The number of ether oxygens (including phenoxy) is 2. The number of nitrogens with one attached hydrogen (secondary N) is 2. The number of aromatic amines is 1. The molecule has 1 amide bonds. The first-order valence-corrected chi connectivity index (χ1v) is 13.4. The van der Waals surface area contributed by atoms with Crippen LogP contribution in [0.4, 0.5) is 5.82 Å². The van der Waals surface area contributed by atoms with Gasteiger partial charge in [-0.2, -0.15) is 0 Å². The van der Waals surface area contributed by atoms with Gasteiger partial charge in [0.15, 0.2) is 0 Å². The lowest BCUT2D eigenvalue weighted by Crippen LogP contribution is -2.55. The lowest BCUT2D eigenvalue weighted by atomic mass is 9.86. The van der Waals surface area contributed by atoms with E-state index in [1.807, 2.05) is 0 Å². The van der Waals surface area contributed by atoms with E-state index in [-0.39, 0.29) is 40.6 Å². The van der Waals surface area contributed by atoms with Crippen molar-refractivity contribution in [1.82, 2.24) is 20.1 Å². The minimum atomic E-state index is -0.576. The smallest absolute Gasteiger partial charge is 0.306 e. The van der Waals surface area contributed by atoms with E-state index in [1.54, 1.807) is 7.11 Å². The van der Waals surface area contributed by atoms with E-state index in [1.165, 1.54) is 6.07 Å². The summed E-state index contributed by atoms with van der Waals surface area (Å²) in [5, 5.41) is 3.04. The second kappa shape index (κ2) is 12.4. The van der Waals surface area contributed by atoms with Gasteiger partial charge >= 0.3 is 5.97 Å². The molecule has 5 rings (SSSR count). The third-order valence-corrected chi connectivity index (χ3v) is 8.08. The fourth-order valence-corrected chi connectivity index (χ4v) is 5.73. The Hall–Kier alpha value is -2.14. The number of methoxy groups -OCH3 is 1. The summed E-state index contributed by atoms with van der Waals surface area (Å²) in [5.41, 5.74) is 4.94. The first-order valence-electron chi connectivity index (χ1n) is 13.0. The lowest BCUT2D eigenvalue weighted by molar-refractivity contribution is -0.158. The van der Waals surface area contributed by atoms with E-state index >= 15 is 0 Å². The van der Waals surface area contributed by atoms with Gasteiger partial charge in [0, 0.05) is 33.2 Å². The minimum Gasteiger partial charge on any atom is -0.461 e. The van der Waals surface area contributed by atoms with Gasteiger partial charge in [0.25, 0.3) is 11.5 Å². The molecule has 0 saturated carbocycles. The molecule has 1 aromatic rings. The number of amides is 1. The highest BCUT2D eigenvalue weighted by Gasteiger charge is 2.36. The molecule has 4 fully saturated rings. The number of carbonyl (C=O) groups is 2. The number of pyridine rings is 1. The fourth-order valence-electron chi connectivity index (χ4n) is 5.58. The van der Waals surface area contributed by atoms with Crippen molar-refractivity contribution in [2.45, 2.75) is 63.2 Å². The van der Waals surface area contributed by atoms with Crippen LogP contribution in [0.25, 0.3) is 0 Å². The Morgan fingerprint density at radius 2 is 1.92 bits per heavy atom. The molecule has 0 aliphatic carbocycles. The number of fused-ring (bicyclic) bond motifs is 3. The second-order valence-corrected chi connectivity index (χ2v) is 10.6. The van der Waals surface area contributed by atoms with Crippen molar-refractivity contribution in [2.24, 2.45) is 5.92 Å². The van der Waals surface area contributed by atoms with Crippen LogP contribution in [-0.4, -0.2) is 91.3 Å². The Labute approximate surface area is 216 Å². The number of hydrogen-bond donors (Lipinski definition) is 3. The molecule has 0 radical (unpaired) electrons. The van der Waals surface area contributed by atoms with Crippen LogP contribution < -0.4 is 16.6 Å². The van der Waals surface area contributed by atoms with Gasteiger partial charge < -0.3 is 30.4 Å². The average Bonchev–Trinajstić information content (AvgIpc) is 2.87. The zero-order valence-corrected chi connectivity index (χ0v) is 21.7. The number of nitrogen functional groups attached to an aromatic ring is 1. The van der Waals surface area contributed by atoms with Crippen molar-refractivity contribution in [1.29, 1.82) is 0 Å². The van der Waals surface area contributed by atoms with E-state index in [0.717, 1.165) is 64.8 Å². The summed E-state index contributed by atoms with van der Waals surface area (Å²) in [7, 11) is 1.63. The first-order chi connectivity index (χ1) is 17.3. The lowest BCUT2D eigenvalue weighted by Gasteiger charge is -2.43. The van der Waals surface area contributed by atoms with Crippen molar-refractivity contribution < 1.29 is 19.1 Å². The number of aromatic nitrogens is 1. The molecule has 4 aliphatic heterocycles. The number of anilines is 1. The van der Waals surface area contributed by atoms with Crippen LogP contribution in [0.3, 0.4) is 0 Å². The molecule has 4 aliphatic rings. The fraction of sp³-hybridized carbons (Fsp3) is 0.720. The summed E-state index contributed by atoms with van der Waals surface area (Å²) in [6.07, 6.45) is 6.15. The van der Waals surface area contributed by atoms with Gasteiger partial charge in [-0.1, -0.05) is 18.0 Å². The quantitative estimate of drug-likeness (QED) is 0.311. The molecule has 4 N–H and O–H groups in total. The number of H-pyrrole nitrogens is 1. The standard InChI is InChI=1S/C25H38ClN5O5/c1-35-21-15-30(12-8-19(21)28-24(33)17-13-18(26)23(27)29-25(17)34)9-4-2-3-5-22(32)36-20-14-31-10-6-16(20)7-11-31/h13,16,19-21H,2-12,14-15H2,1H3,(H,28,33)(H3,27,29,34)/t19-,20-,21+/m1/s1. The summed E-state index contributed by atoms with van der Waals surface area (Å²) in [4.78, 5) is 44.1. The normalized spacial score (nSPS) is 28.1. The summed E-state index contributed by atoms with van der Waals surface area (Å²) in [5.74, 6) is 0.0209. The average molecular weight is 524 g/mol. The second-order valence-electron chi connectivity index (χ2n) is 10.2. The summed E-state index contributed by atoms with van der Waals surface area (Å²) < 4.78 is 11.4. The van der Waals surface area contributed by atoms with Crippen LogP contribution >= 0.6 is 11.6 Å². The molecule has 2 bridgehead atoms. The molecule has 4 saturated heterocycles. The molecular formula is C25H38ClN5O5. The summed E-state index contributed by atoms with van der Waals surface area (Å²) in [6.45, 7) is 5.58. The predicted molar refractivity (Wildman–Crippen MR) is 137 cm³/mol. The molecule has 10 nitrogen and oxygen atoms in total. The van der Waals surface area contributed by atoms with E-state index in [0.29, 0.717) is 25.3 Å². The SMILES string of the molecule is CO[C@H]1CN(CCCCCC(=O)O[C@@H]2CN3CCC2CC3)CC[C@H]1NC(=O)c1cc(Cl)c(N)[nH]c1=O. The van der Waals surface area contributed by atoms with E-state index in [4.69, 9.17) is 26.8 Å². The molecule has 0 spiro atoms. The van der Waals surface area contributed by atoms with Crippen LogP contribution in [0.2, 0.25) is 5.02 Å². The molecule has 200 valence electrons. The van der Waals surface area contributed by atoms with Crippen molar-refractivity contribution in [3.63, 3.8) is 0 Å². The van der Waals surface area contributed by atoms with Crippen LogP contribution in [0, 0.1) is 5.92 Å². The van der Waals surface area contributed by atoms with Crippen molar-refractivity contribution in [3.05, 3.63) is 27.0 Å². The van der Waals surface area contributed by atoms with Gasteiger partial charge in [-0.3, -0.25) is 19.3 Å². The molecule has 0 unspecified atom stereocenters. The summed E-state index contributed by atoms with van der Waals surface area (Å²) >= 11 is 5.96. The molecule has 0 aromatic carbocycles. The predicted octanol–water partition coefficient (Wildman–Crippen LogP) is 1.63. The zero-order chi connectivity index (χ0) is 25.7. The van der Waals surface area contributed by atoms with Gasteiger partial charge in [-0.25, -0.2) is 0 Å². The first kappa shape index (κ1) is 26.9. The Morgan fingerprint density at radius 3 is 2.61 bits per heavy atom. The maximum atomic E-state index is 12.7. The topological polar surface area (TPSA) is 130 Å². The van der Waals surface area contributed by atoms with Gasteiger partial charge in [-0.15, -0.1) is 0 Å². The van der Waals surface area contributed by atoms with Crippen LogP contribution in [0.5, 0.6) is 0 Å². The van der Waals surface area contributed by atoms with Crippen molar-refractivity contribution in [2.75, 3.05) is 52.1 Å². The third-order valence-electron chi connectivity index (χ3n) is 7.76. The monoisotopic (exact) mass is 523 g/mol. The highest BCUT2D eigenvalue weighted by Crippen LogP contribution is 2.29. The van der Waals surface area contributed by atoms with Gasteiger partial charge in [0.2, 0.25) is 0 Å². The van der Waals surface area contributed by atoms with Crippen molar-refractivity contribution >= 4 is 29.3 Å².